The Kier molecular flexibility index (Phi) is 4.77. The Hall–Kier alpha value is -1.73. The molecule has 5 nitrogen and oxygen atoms in total. The van der Waals surface area contributed by atoms with E-state index in [4.69, 9.17) is 0 Å². The van der Waals surface area contributed by atoms with Gasteiger partial charge in [-0.05, 0) is 19.8 Å². The third-order valence-electron chi connectivity index (χ3n) is 3.55. The second-order valence-electron chi connectivity index (χ2n) is 5.55. The van der Waals surface area contributed by atoms with E-state index in [0.717, 1.165) is 18.4 Å². The number of hydrogen-bond acceptors (Lipinski definition) is 6. The van der Waals surface area contributed by atoms with Crippen molar-refractivity contribution in [1.82, 2.24) is 10.2 Å². The maximum atomic E-state index is 12.2. The SMILES string of the molecule is CC(=O)N(c1nnc(SCC(=O)c2ccc(C)cc2)s1)C1CC1. The van der Waals surface area contributed by atoms with Gasteiger partial charge in [-0.15, -0.1) is 10.2 Å². The predicted octanol–water partition coefficient (Wildman–Crippen LogP) is 3.34. The van der Waals surface area contributed by atoms with E-state index in [2.05, 4.69) is 10.2 Å². The fourth-order valence-electron chi connectivity index (χ4n) is 2.19. The van der Waals surface area contributed by atoms with Crippen LogP contribution in [0.2, 0.25) is 0 Å². The minimum atomic E-state index is -0.00377. The fourth-order valence-corrected chi connectivity index (χ4v) is 4.04. The minimum absolute atomic E-state index is 0.00377. The highest BCUT2D eigenvalue weighted by atomic mass is 32.2. The van der Waals surface area contributed by atoms with Crippen molar-refractivity contribution >= 4 is 39.9 Å². The number of anilines is 1. The molecule has 1 heterocycles. The van der Waals surface area contributed by atoms with Crippen molar-refractivity contribution < 1.29 is 9.59 Å². The lowest BCUT2D eigenvalue weighted by Gasteiger charge is -2.15. The van der Waals surface area contributed by atoms with Crippen molar-refractivity contribution in [2.45, 2.75) is 37.1 Å². The zero-order valence-electron chi connectivity index (χ0n) is 13.0. The van der Waals surface area contributed by atoms with Gasteiger partial charge in [0.2, 0.25) is 11.0 Å². The number of carbonyl (C=O) groups is 2. The van der Waals surface area contributed by atoms with Gasteiger partial charge in [0.1, 0.15) is 0 Å². The van der Waals surface area contributed by atoms with Crippen molar-refractivity contribution in [3.05, 3.63) is 35.4 Å². The quantitative estimate of drug-likeness (QED) is 0.456. The van der Waals surface area contributed by atoms with E-state index < -0.39 is 0 Å². The molecule has 7 heteroatoms. The normalized spacial score (nSPS) is 13.8. The zero-order valence-corrected chi connectivity index (χ0v) is 14.6. The summed E-state index contributed by atoms with van der Waals surface area (Å²) < 4.78 is 0.715. The molecular weight excluding hydrogens is 330 g/mol. The number of nitrogens with zero attached hydrogens (tertiary/aromatic N) is 3. The highest BCUT2D eigenvalue weighted by molar-refractivity contribution is 8.01. The number of rotatable bonds is 6. The topological polar surface area (TPSA) is 63.2 Å². The van der Waals surface area contributed by atoms with Crippen LogP contribution in [0.4, 0.5) is 5.13 Å². The van der Waals surface area contributed by atoms with Crippen LogP contribution in [0.25, 0.3) is 0 Å². The van der Waals surface area contributed by atoms with Crippen molar-refractivity contribution in [1.29, 1.82) is 0 Å². The van der Waals surface area contributed by atoms with E-state index in [1.165, 1.54) is 23.1 Å². The Balaban J connectivity index is 1.61. The van der Waals surface area contributed by atoms with Crippen LogP contribution in [0.3, 0.4) is 0 Å². The van der Waals surface area contributed by atoms with Crippen LogP contribution in [-0.4, -0.2) is 33.7 Å². The number of carbonyl (C=O) groups excluding carboxylic acids is 2. The first-order valence-electron chi connectivity index (χ1n) is 7.40. The summed E-state index contributed by atoms with van der Waals surface area (Å²) in [6.45, 7) is 3.54. The monoisotopic (exact) mass is 347 g/mol. The summed E-state index contributed by atoms with van der Waals surface area (Å²) in [7, 11) is 0. The molecule has 1 aliphatic rings. The van der Waals surface area contributed by atoms with Crippen LogP contribution in [-0.2, 0) is 4.79 Å². The summed E-state index contributed by atoms with van der Waals surface area (Å²) in [4.78, 5) is 25.6. The number of ketones is 1. The second-order valence-corrected chi connectivity index (χ2v) is 7.73. The Bertz CT molecular complexity index is 723. The number of aryl methyl sites for hydroxylation is 1. The van der Waals surface area contributed by atoms with Crippen LogP contribution in [0.5, 0.6) is 0 Å². The minimum Gasteiger partial charge on any atom is -0.293 e. The highest BCUT2D eigenvalue weighted by Gasteiger charge is 2.34. The van der Waals surface area contributed by atoms with Crippen molar-refractivity contribution in [3.8, 4) is 0 Å². The highest BCUT2D eigenvalue weighted by Crippen LogP contribution is 2.35. The first kappa shape index (κ1) is 16.1. The average molecular weight is 347 g/mol. The smallest absolute Gasteiger partial charge is 0.225 e. The molecule has 1 aromatic carbocycles. The van der Waals surface area contributed by atoms with Gasteiger partial charge in [-0.2, -0.15) is 0 Å². The van der Waals surface area contributed by atoms with E-state index in [-0.39, 0.29) is 17.7 Å². The number of Topliss-reactive ketones (excluding diaryl/α,β-unsaturated/α-hetero) is 1. The summed E-state index contributed by atoms with van der Waals surface area (Å²) >= 11 is 2.74. The molecule has 0 bridgehead atoms. The van der Waals surface area contributed by atoms with Gasteiger partial charge in [-0.3, -0.25) is 14.5 Å². The molecule has 23 heavy (non-hydrogen) atoms. The van der Waals surface area contributed by atoms with Crippen molar-refractivity contribution in [2.24, 2.45) is 0 Å². The first-order valence-corrected chi connectivity index (χ1v) is 9.21. The fraction of sp³-hybridized carbons (Fsp3) is 0.375. The number of hydrogen-bond donors (Lipinski definition) is 0. The van der Waals surface area contributed by atoms with E-state index in [9.17, 15) is 9.59 Å². The Morgan fingerprint density at radius 3 is 2.57 bits per heavy atom. The Labute approximate surface area is 143 Å². The summed E-state index contributed by atoms with van der Waals surface area (Å²) in [5.74, 6) is 0.384. The van der Waals surface area contributed by atoms with E-state index in [1.807, 2.05) is 31.2 Å². The molecule has 1 saturated carbocycles. The Morgan fingerprint density at radius 1 is 1.26 bits per heavy atom. The molecule has 0 saturated heterocycles. The maximum Gasteiger partial charge on any atom is 0.225 e. The van der Waals surface area contributed by atoms with Gasteiger partial charge < -0.3 is 0 Å². The lowest BCUT2D eigenvalue weighted by molar-refractivity contribution is -0.116. The standard InChI is InChI=1S/C16H17N3O2S2/c1-10-3-5-12(6-4-10)14(21)9-22-16-18-17-15(23-16)19(11(2)20)13-7-8-13/h3-6,13H,7-9H2,1-2H3. The summed E-state index contributed by atoms with van der Waals surface area (Å²) in [6.07, 6.45) is 2.04. The lowest BCUT2D eigenvalue weighted by atomic mass is 10.1. The molecule has 0 aliphatic heterocycles. The van der Waals surface area contributed by atoms with Crippen molar-refractivity contribution in [2.75, 3.05) is 10.7 Å². The molecule has 1 aromatic heterocycles. The van der Waals surface area contributed by atoms with E-state index >= 15 is 0 Å². The lowest BCUT2D eigenvalue weighted by Crippen LogP contribution is -2.30. The van der Waals surface area contributed by atoms with Crippen LogP contribution in [0.15, 0.2) is 28.6 Å². The molecule has 2 aromatic rings. The molecule has 1 aliphatic carbocycles. The van der Waals surface area contributed by atoms with Crippen LogP contribution in [0.1, 0.15) is 35.7 Å². The van der Waals surface area contributed by atoms with Gasteiger partial charge in [0.05, 0.1) is 5.75 Å². The van der Waals surface area contributed by atoms with E-state index in [0.29, 0.717) is 20.8 Å². The van der Waals surface area contributed by atoms with Gasteiger partial charge in [-0.25, -0.2) is 0 Å². The van der Waals surface area contributed by atoms with Gasteiger partial charge in [0.15, 0.2) is 10.1 Å². The number of thioether (sulfide) groups is 1. The van der Waals surface area contributed by atoms with Crippen LogP contribution < -0.4 is 4.90 Å². The predicted molar refractivity (Wildman–Crippen MR) is 92.3 cm³/mol. The van der Waals surface area contributed by atoms with Gasteiger partial charge in [-0.1, -0.05) is 52.9 Å². The summed E-state index contributed by atoms with van der Waals surface area (Å²) in [5.41, 5.74) is 1.84. The largest absolute Gasteiger partial charge is 0.293 e. The number of benzene rings is 1. The first-order chi connectivity index (χ1) is 11.0. The molecule has 120 valence electrons. The number of aromatic nitrogens is 2. The van der Waals surface area contributed by atoms with Gasteiger partial charge in [0.25, 0.3) is 0 Å². The third-order valence-corrected chi connectivity index (χ3v) is 5.61. The van der Waals surface area contributed by atoms with Gasteiger partial charge in [0, 0.05) is 18.5 Å². The second kappa shape index (κ2) is 6.80. The van der Waals surface area contributed by atoms with Crippen LogP contribution in [0, 0.1) is 6.92 Å². The van der Waals surface area contributed by atoms with Crippen molar-refractivity contribution in [3.63, 3.8) is 0 Å². The molecule has 0 N–H and O–H groups in total. The molecule has 1 fully saturated rings. The molecule has 0 unspecified atom stereocenters. The molecule has 1 amide bonds. The van der Waals surface area contributed by atoms with Crippen LogP contribution >= 0.6 is 23.1 Å². The van der Waals surface area contributed by atoms with Gasteiger partial charge >= 0.3 is 0 Å². The maximum absolute atomic E-state index is 12.2. The molecule has 0 atom stereocenters. The summed E-state index contributed by atoms with van der Waals surface area (Å²) in [6, 6.07) is 7.82. The average Bonchev–Trinajstić information content (AvgIpc) is 3.23. The summed E-state index contributed by atoms with van der Waals surface area (Å²) in [5, 5.41) is 8.83. The molecular formula is C16H17N3O2S2. The third kappa shape index (κ3) is 3.97. The van der Waals surface area contributed by atoms with E-state index in [1.54, 1.807) is 11.8 Å². The molecule has 3 rings (SSSR count). The molecule has 0 radical (unpaired) electrons. The molecule has 0 spiro atoms. The Morgan fingerprint density at radius 2 is 1.96 bits per heavy atom. The number of amides is 1. The zero-order chi connectivity index (χ0) is 16.4.